The number of carbonyl (C=O) groups excluding carboxylic acids is 2. The number of likely N-dealkylation sites (tertiary alicyclic amines) is 1. The molecule has 2 N–H and O–H groups in total. The first-order chi connectivity index (χ1) is 9.67. The van der Waals surface area contributed by atoms with Gasteiger partial charge in [0, 0.05) is 24.3 Å². The number of fused-ring (bicyclic) bond motifs is 1. The molecule has 1 saturated heterocycles. The molecule has 0 aromatic heterocycles. The monoisotopic (exact) mass is 273 g/mol. The zero-order chi connectivity index (χ0) is 14.1. The molecule has 5 nitrogen and oxygen atoms in total. The Kier molecular flexibility index (Phi) is 3.44. The molecule has 2 heterocycles. The molecule has 1 aromatic carbocycles. The fourth-order valence-corrected chi connectivity index (χ4v) is 3.02. The maximum absolute atomic E-state index is 12.5. The number of nitrogens with zero attached hydrogens (tertiary/aromatic N) is 1. The number of rotatable bonds is 3. The highest BCUT2D eigenvalue weighted by Crippen LogP contribution is 2.25. The van der Waals surface area contributed by atoms with E-state index in [2.05, 4.69) is 10.6 Å². The maximum Gasteiger partial charge on any atom is 0.253 e. The van der Waals surface area contributed by atoms with E-state index in [0.717, 1.165) is 37.3 Å². The molecule has 5 heteroatoms. The maximum atomic E-state index is 12.5. The second-order valence-electron chi connectivity index (χ2n) is 5.56. The van der Waals surface area contributed by atoms with Crippen molar-refractivity contribution in [1.82, 2.24) is 10.2 Å². The van der Waals surface area contributed by atoms with Crippen molar-refractivity contribution in [2.45, 2.75) is 12.8 Å². The minimum Gasteiger partial charge on any atom is -0.338 e. The van der Waals surface area contributed by atoms with Gasteiger partial charge >= 0.3 is 0 Å². The molecule has 1 unspecified atom stereocenters. The van der Waals surface area contributed by atoms with E-state index in [9.17, 15) is 9.59 Å². The predicted molar refractivity (Wildman–Crippen MR) is 76.7 cm³/mol. The van der Waals surface area contributed by atoms with Crippen LogP contribution in [-0.4, -0.2) is 43.4 Å². The van der Waals surface area contributed by atoms with Gasteiger partial charge in [-0.3, -0.25) is 9.59 Å². The van der Waals surface area contributed by atoms with E-state index in [-0.39, 0.29) is 11.8 Å². The van der Waals surface area contributed by atoms with Gasteiger partial charge in [-0.15, -0.1) is 0 Å². The molecule has 0 bridgehead atoms. The summed E-state index contributed by atoms with van der Waals surface area (Å²) >= 11 is 0. The van der Waals surface area contributed by atoms with Crippen LogP contribution >= 0.6 is 0 Å². The van der Waals surface area contributed by atoms with Gasteiger partial charge in [0.05, 0.1) is 6.42 Å². The Hall–Kier alpha value is -1.88. The van der Waals surface area contributed by atoms with Crippen LogP contribution in [0.2, 0.25) is 0 Å². The number of nitrogens with one attached hydrogen (secondary N) is 2. The largest absolute Gasteiger partial charge is 0.338 e. The SMILES string of the molecule is CNCC1CCN(C(=O)c2ccc3c(c2)CC(=O)N3)C1. The molecule has 1 atom stereocenters. The summed E-state index contributed by atoms with van der Waals surface area (Å²) in [7, 11) is 1.94. The first-order valence-electron chi connectivity index (χ1n) is 7.04. The Morgan fingerprint density at radius 1 is 1.50 bits per heavy atom. The molecular weight excluding hydrogens is 254 g/mol. The van der Waals surface area contributed by atoms with Gasteiger partial charge in [0.15, 0.2) is 0 Å². The first kappa shape index (κ1) is 13.1. The standard InChI is InChI=1S/C15H19N3O2/c1-16-8-10-4-5-18(9-10)15(20)11-2-3-13-12(6-11)7-14(19)17-13/h2-3,6,10,16H,4-5,7-9H2,1H3,(H,17,19). The smallest absolute Gasteiger partial charge is 0.253 e. The lowest BCUT2D eigenvalue weighted by Crippen LogP contribution is -2.30. The third-order valence-corrected chi connectivity index (χ3v) is 4.04. The molecule has 0 aliphatic carbocycles. The van der Waals surface area contributed by atoms with Gasteiger partial charge in [0.25, 0.3) is 5.91 Å². The third-order valence-electron chi connectivity index (χ3n) is 4.04. The molecule has 0 saturated carbocycles. The molecule has 3 rings (SSSR count). The highest BCUT2D eigenvalue weighted by molar-refractivity contribution is 6.01. The fourth-order valence-electron chi connectivity index (χ4n) is 3.02. The zero-order valence-corrected chi connectivity index (χ0v) is 11.6. The lowest BCUT2D eigenvalue weighted by molar-refractivity contribution is -0.115. The Morgan fingerprint density at radius 3 is 3.15 bits per heavy atom. The van der Waals surface area contributed by atoms with Gasteiger partial charge in [-0.05, 0) is 49.7 Å². The highest BCUT2D eigenvalue weighted by Gasteiger charge is 2.27. The van der Waals surface area contributed by atoms with Crippen LogP contribution in [0.4, 0.5) is 5.69 Å². The van der Waals surface area contributed by atoms with Crippen molar-refractivity contribution < 1.29 is 9.59 Å². The summed E-state index contributed by atoms with van der Waals surface area (Å²) < 4.78 is 0. The average molecular weight is 273 g/mol. The Balaban J connectivity index is 1.72. The van der Waals surface area contributed by atoms with Crippen LogP contribution in [0.1, 0.15) is 22.3 Å². The minimum atomic E-state index is -0.000134. The zero-order valence-electron chi connectivity index (χ0n) is 11.6. The molecule has 20 heavy (non-hydrogen) atoms. The van der Waals surface area contributed by atoms with E-state index in [1.54, 1.807) is 6.07 Å². The van der Waals surface area contributed by atoms with Crippen LogP contribution in [0.5, 0.6) is 0 Å². The van der Waals surface area contributed by atoms with Gasteiger partial charge in [0.2, 0.25) is 5.91 Å². The van der Waals surface area contributed by atoms with Crippen molar-refractivity contribution in [2.75, 3.05) is 32.0 Å². The second-order valence-corrected chi connectivity index (χ2v) is 5.56. The Morgan fingerprint density at radius 2 is 2.35 bits per heavy atom. The van der Waals surface area contributed by atoms with Crippen LogP contribution in [-0.2, 0) is 11.2 Å². The number of amides is 2. The van der Waals surface area contributed by atoms with Gasteiger partial charge in [0.1, 0.15) is 0 Å². The lowest BCUT2D eigenvalue weighted by atomic mass is 10.1. The molecule has 2 aliphatic heterocycles. The summed E-state index contributed by atoms with van der Waals surface area (Å²) in [6, 6.07) is 5.48. The van der Waals surface area contributed by atoms with E-state index in [4.69, 9.17) is 0 Å². The lowest BCUT2D eigenvalue weighted by Gasteiger charge is -2.17. The van der Waals surface area contributed by atoms with Crippen molar-refractivity contribution in [2.24, 2.45) is 5.92 Å². The normalized spacial score (nSPS) is 20.9. The number of carbonyl (C=O) groups is 2. The number of benzene rings is 1. The average Bonchev–Trinajstić information content (AvgIpc) is 3.02. The topological polar surface area (TPSA) is 61.4 Å². The molecule has 0 spiro atoms. The first-order valence-corrected chi connectivity index (χ1v) is 7.04. The van der Waals surface area contributed by atoms with Crippen LogP contribution in [0, 0.1) is 5.92 Å². The second kappa shape index (κ2) is 5.25. The van der Waals surface area contributed by atoms with Crippen molar-refractivity contribution >= 4 is 17.5 Å². The third kappa shape index (κ3) is 2.41. The van der Waals surface area contributed by atoms with Crippen molar-refractivity contribution in [3.63, 3.8) is 0 Å². The van der Waals surface area contributed by atoms with Crippen LogP contribution in [0.15, 0.2) is 18.2 Å². The Labute approximate surface area is 118 Å². The van der Waals surface area contributed by atoms with Gasteiger partial charge in [-0.1, -0.05) is 0 Å². The van der Waals surface area contributed by atoms with E-state index in [0.29, 0.717) is 17.9 Å². The molecule has 2 aliphatic rings. The molecular formula is C15H19N3O2. The summed E-state index contributed by atoms with van der Waals surface area (Å²) in [4.78, 5) is 25.7. The molecule has 1 fully saturated rings. The predicted octanol–water partition coefficient (Wildman–Crippen LogP) is 0.863. The van der Waals surface area contributed by atoms with Gasteiger partial charge in [-0.2, -0.15) is 0 Å². The summed E-state index contributed by atoms with van der Waals surface area (Å²) in [5.74, 6) is 0.618. The fraction of sp³-hybridized carbons (Fsp3) is 0.467. The highest BCUT2D eigenvalue weighted by atomic mass is 16.2. The van der Waals surface area contributed by atoms with Crippen LogP contribution < -0.4 is 10.6 Å². The molecule has 1 aromatic rings. The molecule has 106 valence electrons. The number of hydrogen-bond acceptors (Lipinski definition) is 3. The van der Waals surface area contributed by atoms with Crippen LogP contribution in [0.25, 0.3) is 0 Å². The van der Waals surface area contributed by atoms with Crippen molar-refractivity contribution in [1.29, 1.82) is 0 Å². The van der Waals surface area contributed by atoms with E-state index >= 15 is 0 Å². The minimum absolute atomic E-state index is 0.000134. The summed E-state index contributed by atoms with van der Waals surface area (Å²) in [6.07, 6.45) is 1.43. The van der Waals surface area contributed by atoms with E-state index in [1.807, 2.05) is 24.1 Å². The van der Waals surface area contributed by atoms with Gasteiger partial charge in [-0.25, -0.2) is 0 Å². The van der Waals surface area contributed by atoms with E-state index < -0.39 is 0 Å². The quantitative estimate of drug-likeness (QED) is 0.859. The molecule has 0 radical (unpaired) electrons. The van der Waals surface area contributed by atoms with Gasteiger partial charge < -0.3 is 15.5 Å². The summed E-state index contributed by atoms with van der Waals surface area (Å²) in [5, 5.41) is 5.95. The summed E-state index contributed by atoms with van der Waals surface area (Å²) in [6.45, 7) is 2.58. The van der Waals surface area contributed by atoms with Crippen molar-refractivity contribution in [3.05, 3.63) is 29.3 Å². The van der Waals surface area contributed by atoms with Crippen LogP contribution in [0.3, 0.4) is 0 Å². The number of hydrogen-bond donors (Lipinski definition) is 2. The number of anilines is 1. The summed E-state index contributed by atoms with van der Waals surface area (Å²) in [5.41, 5.74) is 2.44. The molecule has 2 amide bonds. The van der Waals surface area contributed by atoms with E-state index in [1.165, 1.54) is 0 Å². The van der Waals surface area contributed by atoms with Crippen molar-refractivity contribution in [3.8, 4) is 0 Å². The Bertz CT molecular complexity index is 556.